The maximum atomic E-state index is 13.1. The van der Waals surface area contributed by atoms with Crippen LogP contribution < -0.4 is 0 Å². The smallest absolute Gasteiger partial charge is 0.256 e. The number of carbonyl (C=O) groups is 2. The van der Waals surface area contributed by atoms with Crippen LogP contribution >= 0.6 is 0 Å². The first-order chi connectivity index (χ1) is 13.5. The molecule has 1 aliphatic heterocycles. The molecule has 1 saturated heterocycles. The van der Waals surface area contributed by atoms with E-state index in [4.69, 9.17) is 0 Å². The van der Waals surface area contributed by atoms with Crippen molar-refractivity contribution in [2.24, 2.45) is 0 Å². The average Bonchev–Trinajstić information content (AvgIpc) is 3.01. The van der Waals surface area contributed by atoms with Crippen LogP contribution in [0.4, 0.5) is 0 Å². The van der Waals surface area contributed by atoms with Gasteiger partial charge in [-0.3, -0.25) is 14.5 Å². The number of nitrogens with one attached hydrogen (secondary N) is 1. The summed E-state index contributed by atoms with van der Waals surface area (Å²) in [6.07, 6.45) is 3.46. The van der Waals surface area contributed by atoms with Crippen LogP contribution in [0, 0.1) is 13.8 Å². The summed E-state index contributed by atoms with van der Waals surface area (Å²) in [6, 6.07) is 9.35. The Labute approximate surface area is 166 Å². The number of aryl methyl sites for hydroxylation is 2. The van der Waals surface area contributed by atoms with Crippen LogP contribution in [0.2, 0.25) is 0 Å². The zero-order valence-corrected chi connectivity index (χ0v) is 17.0. The quantitative estimate of drug-likeness (QED) is 0.834. The van der Waals surface area contributed by atoms with Gasteiger partial charge in [-0.25, -0.2) is 0 Å². The van der Waals surface area contributed by atoms with Gasteiger partial charge in [0.1, 0.15) is 0 Å². The number of fused-ring (bicyclic) bond motifs is 1. The summed E-state index contributed by atoms with van der Waals surface area (Å²) in [5, 5.41) is 0. The van der Waals surface area contributed by atoms with Crippen LogP contribution in [0.25, 0.3) is 0 Å². The molecule has 1 aliphatic carbocycles. The average molecular weight is 380 g/mol. The van der Waals surface area contributed by atoms with E-state index in [1.165, 1.54) is 24.5 Å². The minimum Gasteiger partial charge on any atom is -0.355 e. The van der Waals surface area contributed by atoms with Gasteiger partial charge in [-0.15, -0.1) is 0 Å². The van der Waals surface area contributed by atoms with E-state index >= 15 is 0 Å². The van der Waals surface area contributed by atoms with Gasteiger partial charge >= 0.3 is 0 Å². The van der Waals surface area contributed by atoms with E-state index in [0.717, 1.165) is 50.3 Å². The topological polar surface area (TPSA) is 56.4 Å². The second-order valence-corrected chi connectivity index (χ2v) is 8.17. The number of aromatic nitrogens is 1. The molecule has 0 saturated carbocycles. The van der Waals surface area contributed by atoms with E-state index < -0.39 is 0 Å². The molecular weight excluding hydrogens is 350 g/mol. The molecule has 2 heterocycles. The lowest BCUT2D eigenvalue weighted by molar-refractivity contribution is 0.0552. The number of hydrogen-bond donors (Lipinski definition) is 1. The minimum absolute atomic E-state index is 0.0259. The van der Waals surface area contributed by atoms with Crippen molar-refractivity contribution in [2.45, 2.75) is 46.1 Å². The van der Waals surface area contributed by atoms with Gasteiger partial charge in [0, 0.05) is 44.8 Å². The first-order valence-corrected chi connectivity index (χ1v) is 10.3. The molecule has 148 valence electrons. The number of benzene rings is 1. The Bertz CT molecular complexity index is 907. The summed E-state index contributed by atoms with van der Waals surface area (Å²) in [5.41, 5.74) is 5.77. The second kappa shape index (κ2) is 7.55. The van der Waals surface area contributed by atoms with Gasteiger partial charge in [-0.2, -0.15) is 0 Å². The molecule has 28 heavy (non-hydrogen) atoms. The Morgan fingerprint density at radius 3 is 2.36 bits per heavy atom. The third kappa shape index (κ3) is 3.39. The van der Waals surface area contributed by atoms with E-state index in [1.54, 1.807) is 0 Å². The van der Waals surface area contributed by atoms with Crippen molar-refractivity contribution in [1.29, 1.82) is 0 Å². The molecule has 2 aliphatic rings. The number of carbonyl (C=O) groups excluding carboxylic acids is 2. The predicted octanol–water partition coefficient (Wildman–Crippen LogP) is 3.15. The Balaban J connectivity index is 1.41. The molecule has 5 nitrogen and oxygen atoms in total. The lowest BCUT2D eigenvalue weighted by atomic mass is 9.87. The Kier molecular flexibility index (Phi) is 5.11. The van der Waals surface area contributed by atoms with E-state index in [-0.39, 0.29) is 11.7 Å². The highest BCUT2D eigenvalue weighted by atomic mass is 16.2. The monoisotopic (exact) mass is 379 g/mol. The molecule has 1 aromatic heterocycles. The third-order valence-corrected chi connectivity index (χ3v) is 6.44. The molecule has 0 bridgehead atoms. The molecule has 1 atom stereocenters. The molecule has 0 unspecified atom stereocenters. The van der Waals surface area contributed by atoms with Crippen molar-refractivity contribution in [3.8, 4) is 0 Å². The van der Waals surface area contributed by atoms with Crippen molar-refractivity contribution in [3.05, 3.63) is 57.9 Å². The van der Waals surface area contributed by atoms with E-state index in [1.807, 2.05) is 18.7 Å². The molecule has 0 radical (unpaired) electrons. The molecule has 1 aromatic carbocycles. The Hall–Kier alpha value is -2.40. The van der Waals surface area contributed by atoms with Crippen LogP contribution in [0.3, 0.4) is 0 Å². The number of H-pyrrole nitrogens is 1. The maximum absolute atomic E-state index is 13.1. The molecule has 2 aromatic rings. The molecular formula is C23H29N3O2. The van der Waals surface area contributed by atoms with Crippen LogP contribution in [0.5, 0.6) is 0 Å². The van der Waals surface area contributed by atoms with Gasteiger partial charge in [-0.05, 0) is 49.8 Å². The number of piperazine rings is 1. The van der Waals surface area contributed by atoms with E-state index in [9.17, 15) is 9.59 Å². The molecule has 1 fully saturated rings. The Morgan fingerprint density at radius 1 is 1.04 bits per heavy atom. The van der Waals surface area contributed by atoms with Gasteiger partial charge in [0.05, 0.1) is 11.3 Å². The number of ketones is 1. The SMILES string of the molecule is CC(=O)c1[nH]c(C)c(C(=O)N2CCN([C@H]3CCc4ccccc4C3)CC2)c1C. The highest BCUT2D eigenvalue weighted by Gasteiger charge is 2.31. The first-order valence-electron chi connectivity index (χ1n) is 10.3. The zero-order valence-electron chi connectivity index (χ0n) is 17.0. The number of amides is 1. The number of Topliss-reactive ketones (excluding diaryl/α,β-unsaturated/α-hetero) is 1. The zero-order chi connectivity index (χ0) is 19.8. The normalized spacial score (nSPS) is 20.1. The fourth-order valence-electron chi connectivity index (χ4n) is 4.86. The van der Waals surface area contributed by atoms with Crippen molar-refractivity contribution in [1.82, 2.24) is 14.8 Å². The molecule has 5 heteroatoms. The summed E-state index contributed by atoms with van der Waals surface area (Å²) < 4.78 is 0. The molecule has 0 spiro atoms. The molecule has 1 N–H and O–H groups in total. The lowest BCUT2D eigenvalue weighted by Gasteiger charge is -2.41. The Morgan fingerprint density at radius 2 is 1.71 bits per heavy atom. The van der Waals surface area contributed by atoms with Gasteiger partial charge in [0.25, 0.3) is 5.91 Å². The maximum Gasteiger partial charge on any atom is 0.256 e. The summed E-state index contributed by atoms with van der Waals surface area (Å²) in [5.74, 6) is 0.0226. The van der Waals surface area contributed by atoms with Gasteiger partial charge in [-0.1, -0.05) is 24.3 Å². The number of rotatable bonds is 3. The summed E-state index contributed by atoms with van der Waals surface area (Å²) in [6.45, 7) is 8.60. The van der Waals surface area contributed by atoms with Gasteiger partial charge < -0.3 is 9.88 Å². The highest BCUT2D eigenvalue weighted by Crippen LogP contribution is 2.26. The lowest BCUT2D eigenvalue weighted by Crippen LogP contribution is -2.53. The highest BCUT2D eigenvalue weighted by molar-refractivity contribution is 6.02. The largest absolute Gasteiger partial charge is 0.355 e. The molecule has 1 amide bonds. The van der Waals surface area contributed by atoms with Crippen LogP contribution in [0.1, 0.15) is 56.6 Å². The summed E-state index contributed by atoms with van der Waals surface area (Å²) >= 11 is 0. The van der Waals surface area contributed by atoms with E-state index in [2.05, 4.69) is 34.1 Å². The number of aromatic amines is 1. The van der Waals surface area contributed by atoms with Gasteiger partial charge in [0.15, 0.2) is 5.78 Å². The second-order valence-electron chi connectivity index (χ2n) is 8.17. The van der Waals surface area contributed by atoms with Crippen LogP contribution in [-0.4, -0.2) is 58.7 Å². The van der Waals surface area contributed by atoms with Crippen molar-refractivity contribution < 1.29 is 9.59 Å². The third-order valence-electron chi connectivity index (χ3n) is 6.44. The standard InChI is InChI=1S/C23H29N3O2/c1-15-21(16(2)24-22(15)17(3)27)23(28)26-12-10-25(11-13-26)20-9-8-18-6-4-5-7-19(18)14-20/h4-7,20,24H,8-14H2,1-3H3/t20-/m0/s1. The number of nitrogens with zero attached hydrogens (tertiary/aromatic N) is 2. The number of hydrogen-bond acceptors (Lipinski definition) is 3. The van der Waals surface area contributed by atoms with Crippen LogP contribution in [0.15, 0.2) is 24.3 Å². The molecule has 4 rings (SSSR count). The van der Waals surface area contributed by atoms with Crippen LogP contribution in [-0.2, 0) is 12.8 Å². The van der Waals surface area contributed by atoms with Crippen molar-refractivity contribution in [2.75, 3.05) is 26.2 Å². The summed E-state index contributed by atoms with van der Waals surface area (Å²) in [7, 11) is 0. The van der Waals surface area contributed by atoms with Crippen molar-refractivity contribution in [3.63, 3.8) is 0 Å². The minimum atomic E-state index is -0.0259. The summed E-state index contributed by atoms with van der Waals surface area (Å²) in [4.78, 5) is 32.5. The van der Waals surface area contributed by atoms with Crippen molar-refractivity contribution >= 4 is 11.7 Å². The predicted molar refractivity (Wildman–Crippen MR) is 110 cm³/mol. The fourth-order valence-corrected chi connectivity index (χ4v) is 4.86. The van der Waals surface area contributed by atoms with E-state index in [0.29, 0.717) is 17.3 Å². The van der Waals surface area contributed by atoms with Gasteiger partial charge in [0.2, 0.25) is 0 Å². The first kappa shape index (κ1) is 18.9. The fraction of sp³-hybridized carbons (Fsp3) is 0.478.